The molecule has 3 heterocycles. The van der Waals surface area contributed by atoms with Crippen LogP contribution in [0.25, 0.3) is 11.2 Å². The number of aryl methyl sites for hydroxylation is 1. The van der Waals surface area contributed by atoms with E-state index in [1.165, 1.54) is 20.1 Å². The van der Waals surface area contributed by atoms with Crippen LogP contribution in [0.2, 0.25) is 0 Å². The van der Waals surface area contributed by atoms with E-state index in [1.54, 1.807) is 52.1 Å². The number of nitrogens with zero attached hydrogens (tertiary/aromatic N) is 5. The number of ether oxygens (including phenoxy) is 1. The van der Waals surface area contributed by atoms with Crippen LogP contribution in [0.5, 0.6) is 0 Å². The second kappa shape index (κ2) is 7.93. The van der Waals surface area contributed by atoms with Gasteiger partial charge in [0.15, 0.2) is 5.82 Å². The number of likely N-dealkylation sites (tertiary alicyclic amines) is 1. The molecule has 2 aromatic heterocycles. The summed E-state index contributed by atoms with van der Waals surface area (Å²) in [6.07, 6.45) is 5.14. The molecule has 1 aliphatic heterocycles. The zero-order chi connectivity index (χ0) is 23.2. The van der Waals surface area contributed by atoms with Crippen LogP contribution < -0.4 is 5.56 Å². The number of fused-ring (bicyclic) bond motifs is 1. The molecule has 2 aromatic rings. The maximum Gasteiger partial charge on any atom is 0.410 e. The summed E-state index contributed by atoms with van der Waals surface area (Å²) >= 11 is 0. The molecule has 8 nitrogen and oxygen atoms in total. The van der Waals surface area contributed by atoms with E-state index in [9.17, 15) is 19.2 Å². The molecule has 0 bridgehead atoms. The zero-order valence-corrected chi connectivity index (χ0v) is 18.6. The van der Waals surface area contributed by atoms with E-state index in [1.807, 2.05) is 0 Å². The van der Waals surface area contributed by atoms with Crippen molar-refractivity contribution in [2.75, 3.05) is 6.54 Å². The van der Waals surface area contributed by atoms with Crippen molar-refractivity contribution in [2.24, 2.45) is 5.92 Å². The van der Waals surface area contributed by atoms with Crippen LogP contribution >= 0.6 is 0 Å². The van der Waals surface area contributed by atoms with Gasteiger partial charge in [0.05, 0.1) is 18.0 Å². The van der Waals surface area contributed by atoms with Gasteiger partial charge in [-0.1, -0.05) is 6.08 Å². The lowest BCUT2D eigenvalue weighted by Crippen LogP contribution is -2.39. The van der Waals surface area contributed by atoms with Crippen LogP contribution in [0.15, 0.2) is 35.3 Å². The number of hydrogen-bond donors (Lipinski definition) is 0. The molecule has 0 spiro atoms. The number of allylic oxidation sites excluding steroid dienone is 4. The van der Waals surface area contributed by atoms with E-state index in [0.717, 1.165) is 5.56 Å². The molecule has 1 fully saturated rings. The van der Waals surface area contributed by atoms with E-state index >= 15 is 0 Å². The highest BCUT2D eigenvalue weighted by atomic mass is 19.1. The number of carbonyl (C=O) groups is 1. The summed E-state index contributed by atoms with van der Waals surface area (Å²) < 4.78 is 22.6. The molecule has 32 heavy (non-hydrogen) atoms. The smallest absolute Gasteiger partial charge is 0.410 e. The molecule has 0 saturated carbocycles. The Morgan fingerprint density at radius 2 is 2.12 bits per heavy atom. The summed E-state index contributed by atoms with van der Waals surface area (Å²) in [7, 11) is 0. The Kier molecular flexibility index (Phi) is 5.41. The Morgan fingerprint density at radius 3 is 2.78 bits per heavy atom. The van der Waals surface area contributed by atoms with Gasteiger partial charge in [0.2, 0.25) is 0 Å². The minimum absolute atomic E-state index is 0.162. The number of amides is 1. The summed E-state index contributed by atoms with van der Waals surface area (Å²) in [4.78, 5) is 28.0. The van der Waals surface area contributed by atoms with Crippen molar-refractivity contribution in [3.63, 3.8) is 0 Å². The summed E-state index contributed by atoms with van der Waals surface area (Å²) in [5.41, 5.74) is 0.403. The molecule has 1 saturated heterocycles. The van der Waals surface area contributed by atoms with Gasteiger partial charge in [-0.25, -0.2) is 13.7 Å². The highest BCUT2D eigenvalue weighted by Crippen LogP contribution is 2.36. The number of carbonyl (C=O) groups excluding carboxylic acids is 1. The maximum absolute atomic E-state index is 14.2. The van der Waals surface area contributed by atoms with Crippen LogP contribution in [-0.2, 0) is 4.74 Å². The third-order valence-electron chi connectivity index (χ3n) is 5.58. The maximum atomic E-state index is 14.2. The topological polar surface area (TPSA) is 92.6 Å². The third kappa shape index (κ3) is 3.93. The largest absolute Gasteiger partial charge is 0.444 e. The van der Waals surface area contributed by atoms with Crippen LogP contribution in [-0.4, -0.2) is 43.5 Å². The molecule has 1 unspecified atom stereocenters. The lowest BCUT2D eigenvalue weighted by atomic mass is 10.1. The summed E-state index contributed by atoms with van der Waals surface area (Å²) in [6.45, 7) is 7.26. The highest BCUT2D eigenvalue weighted by molar-refractivity contribution is 5.70. The monoisotopic (exact) mass is 439 g/mol. The Bertz CT molecular complexity index is 1230. The number of rotatable bonds is 2. The van der Waals surface area contributed by atoms with Gasteiger partial charge in [0, 0.05) is 24.9 Å². The van der Waals surface area contributed by atoms with E-state index < -0.39 is 29.8 Å². The van der Waals surface area contributed by atoms with Crippen molar-refractivity contribution >= 4 is 17.3 Å². The van der Waals surface area contributed by atoms with Gasteiger partial charge in [-0.15, -0.1) is 0 Å². The predicted molar refractivity (Wildman–Crippen MR) is 117 cm³/mol. The van der Waals surface area contributed by atoms with Crippen LogP contribution in [0.4, 0.5) is 9.18 Å². The lowest BCUT2D eigenvalue weighted by Gasteiger charge is -2.29. The standard InChI is InChI=1S/C23H26FN5O3/c1-14-8-9-28-19(14)21(30)29(17-7-5-6-16(24)11-17)20(26-28)18-10-15(12-25)13-27(18)22(31)32-23(2,3)4/h5,7-9,11,15-16,18H,6,10,13H2,1-4H3/t15-,16?,18+/m1/s1. The molecular formula is C23H26FN5O3. The van der Waals surface area contributed by atoms with Gasteiger partial charge in [0.25, 0.3) is 5.56 Å². The summed E-state index contributed by atoms with van der Waals surface area (Å²) in [5.74, 6) is -0.170. The van der Waals surface area contributed by atoms with Crippen LogP contribution in [0.3, 0.4) is 0 Å². The highest BCUT2D eigenvalue weighted by Gasteiger charge is 2.41. The molecule has 3 atom stereocenters. The van der Waals surface area contributed by atoms with Crippen molar-refractivity contribution in [1.29, 1.82) is 5.26 Å². The van der Waals surface area contributed by atoms with E-state index in [0.29, 0.717) is 17.6 Å². The van der Waals surface area contributed by atoms with Crippen molar-refractivity contribution in [3.05, 3.63) is 52.2 Å². The van der Waals surface area contributed by atoms with Crippen LogP contribution in [0, 0.1) is 24.2 Å². The van der Waals surface area contributed by atoms with E-state index in [2.05, 4.69) is 11.2 Å². The molecule has 0 radical (unpaired) electrons. The molecule has 2 aliphatic rings. The molecule has 4 rings (SSSR count). The fourth-order valence-corrected chi connectivity index (χ4v) is 4.17. The van der Waals surface area contributed by atoms with Gasteiger partial charge < -0.3 is 4.74 Å². The Labute approximate surface area is 185 Å². The fraction of sp³-hybridized carbons (Fsp3) is 0.478. The van der Waals surface area contributed by atoms with Gasteiger partial charge in [-0.2, -0.15) is 10.4 Å². The minimum Gasteiger partial charge on any atom is -0.444 e. The molecular weight excluding hydrogens is 413 g/mol. The number of nitriles is 1. The number of halogens is 1. The van der Waals surface area contributed by atoms with Gasteiger partial charge in [-0.05, 0) is 57.9 Å². The molecule has 1 amide bonds. The second-order valence-electron chi connectivity index (χ2n) is 9.25. The molecule has 168 valence electrons. The molecule has 0 N–H and O–H groups in total. The molecule has 9 heteroatoms. The first kappa shape index (κ1) is 21.8. The quantitative estimate of drug-likeness (QED) is 0.710. The first-order valence-electron chi connectivity index (χ1n) is 10.6. The first-order chi connectivity index (χ1) is 15.1. The van der Waals surface area contributed by atoms with Gasteiger partial charge in [-0.3, -0.25) is 14.3 Å². The average molecular weight is 439 g/mol. The average Bonchev–Trinajstić information content (AvgIpc) is 3.30. The fourth-order valence-electron chi connectivity index (χ4n) is 4.17. The summed E-state index contributed by atoms with van der Waals surface area (Å²) in [5, 5.41) is 14.2. The number of hydrogen-bond acceptors (Lipinski definition) is 5. The first-order valence-corrected chi connectivity index (χ1v) is 10.6. The van der Waals surface area contributed by atoms with Crippen molar-refractivity contribution in [2.45, 2.75) is 58.4 Å². The van der Waals surface area contributed by atoms with E-state index in [-0.39, 0.29) is 24.3 Å². The van der Waals surface area contributed by atoms with Gasteiger partial charge >= 0.3 is 6.09 Å². The zero-order valence-electron chi connectivity index (χ0n) is 18.6. The van der Waals surface area contributed by atoms with Crippen molar-refractivity contribution < 1.29 is 13.9 Å². The van der Waals surface area contributed by atoms with Crippen molar-refractivity contribution in [3.8, 4) is 6.07 Å². The predicted octanol–water partition coefficient (Wildman–Crippen LogP) is 3.77. The molecule has 0 aromatic carbocycles. The Hall–Kier alpha value is -3.41. The number of aromatic nitrogens is 3. The summed E-state index contributed by atoms with van der Waals surface area (Å²) in [6, 6.07) is 3.31. The van der Waals surface area contributed by atoms with Crippen LogP contribution in [0.1, 0.15) is 51.0 Å². The molecule has 1 aliphatic carbocycles. The SMILES string of the molecule is Cc1ccn2nc([C@@H]3C[C@H](C#N)CN3C(=O)OC(C)(C)C)n(C3=CC(F)CC=C3)c(=O)c12. The second-order valence-corrected chi connectivity index (χ2v) is 9.25. The van der Waals surface area contributed by atoms with Gasteiger partial charge in [0.1, 0.15) is 17.3 Å². The van der Waals surface area contributed by atoms with Crippen molar-refractivity contribution in [1.82, 2.24) is 19.1 Å². The van der Waals surface area contributed by atoms with E-state index in [4.69, 9.17) is 4.74 Å². The minimum atomic E-state index is -1.23. The number of alkyl halides is 1. The lowest BCUT2D eigenvalue weighted by molar-refractivity contribution is 0.0213. The normalized spacial score (nSPS) is 23.3. The Balaban J connectivity index is 1.91. The third-order valence-corrected chi connectivity index (χ3v) is 5.58. The Morgan fingerprint density at radius 1 is 1.38 bits per heavy atom.